The first kappa shape index (κ1) is 37.0. The number of aryl methyl sites for hydroxylation is 1. The molecule has 0 radical (unpaired) electrons. The lowest BCUT2D eigenvalue weighted by Gasteiger charge is -2.33. The van der Waals surface area contributed by atoms with E-state index in [4.69, 9.17) is 33.7 Å². The third-order valence-electron chi connectivity index (χ3n) is 7.64. The summed E-state index contributed by atoms with van der Waals surface area (Å²) < 4.78 is 9.17. The van der Waals surface area contributed by atoms with Gasteiger partial charge in [0.1, 0.15) is 12.2 Å². The Morgan fingerprint density at radius 2 is 1.73 bits per heavy atom. The monoisotopic (exact) mass is 712 g/mol. The Hall–Kier alpha value is -3.80. The number of nitrogens with one attached hydrogen (secondary N) is 2. The summed E-state index contributed by atoms with van der Waals surface area (Å²) in [5.41, 5.74) is 7.30. The van der Waals surface area contributed by atoms with Gasteiger partial charge < -0.3 is 30.2 Å². The van der Waals surface area contributed by atoms with Crippen LogP contribution in [0.3, 0.4) is 0 Å². The SMILES string of the molecule is Cn1cnc2c(c(-c3cc(Cl)c(OCC[Si](C)(C)C)c(C(=O)NC(C)(C)CC(C)(C)C)c3)cn2CC(=O)Nc2ccc(N)cc2Cl)c1=O. The Bertz CT molecular complexity index is 1920. The molecule has 0 atom stereocenters. The molecule has 2 heterocycles. The molecular weight excluding hydrogens is 667 g/mol. The molecule has 4 N–H and O–H groups in total. The molecule has 0 aliphatic carbocycles. The van der Waals surface area contributed by atoms with Crippen molar-refractivity contribution in [3.63, 3.8) is 0 Å². The first-order valence-corrected chi connectivity index (χ1v) is 20.3. The van der Waals surface area contributed by atoms with Crippen LogP contribution in [0.25, 0.3) is 22.2 Å². The number of nitrogen functional groups attached to an aromatic ring is 1. The van der Waals surface area contributed by atoms with Gasteiger partial charge >= 0.3 is 0 Å². The number of amides is 2. The third-order valence-corrected chi connectivity index (χ3v) is 9.94. The number of halogens is 2. The number of anilines is 2. The summed E-state index contributed by atoms with van der Waals surface area (Å²) in [6.07, 6.45) is 3.80. The number of hydrogen-bond donors (Lipinski definition) is 3. The molecule has 0 spiro atoms. The highest BCUT2D eigenvalue weighted by Crippen LogP contribution is 2.38. The van der Waals surface area contributed by atoms with E-state index in [-0.39, 0.29) is 45.1 Å². The first-order valence-electron chi connectivity index (χ1n) is 15.8. The average Bonchev–Trinajstić information content (AvgIpc) is 3.29. The second kappa shape index (κ2) is 14.0. The van der Waals surface area contributed by atoms with E-state index in [1.54, 1.807) is 48.1 Å². The topological polar surface area (TPSA) is 133 Å². The lowest BCUT2D eigenvalue weighted by atomic mass is 9.81. The van der Waals surface area contributed by atoms with Crippen molar-refractivity contribution < 1.29 is 14.3 Å². The van der Waals surface area contributed by atoms with Crippen LogP contribution in [-0.2, 0) is 18.4 Å². The minimum Gasteiger partial charge on any atom is -0.491 e. The molecule has 0 bridgehead atoms. The Balaban J connectivity index is 1.81. The van der Waals surface area contributed by atoms with Crippen molar-refractivity contribution in [2.75, 3.05) is 17.7 Å². The van der Waals surface area contributed by atoms with Gasteiger partial charge in [0.15, 0.2) is 5.75 Å². The van der Waals surface area contributed by atoms with E-state index in [0.717, 1.165) is 12.5 Å². The molecule has 0 fully saturated rings. The van der Waals surface area contributed by atoms with Crippen molar-refractivity contribution >= 4 is 65.5 Å². The molecule has 258 valence electrons. The number of fused-ring (bicyclic) bond motifs is 1. The number of rotatable bonds is 11. The van der Waals surface area contributed by atoms with Gasteiger partial charge in [-0.2, -0.15) is 0 Å². The number of aromatic nitrogens is 3. The van der Waals surface area contributed by atoms with Crippen LogP contribution in [0.4, 0.5) is 11.4 Å². The van der Waals surface area contributed by atoms with Crippen LogP contribution in [0.2, 0.25) is 35.7 Å². The number of carbonyl (C=O) groups is 2. The molecule has 10 nitrogen and oxygen atoms in total. The molecule has 2 aromatic carbocycles. The molecular formula is C35H46Cl2N6O4Si. The molecule has 2 amide bonds. The summed E-state index contributed by atoms with van der Waals surface area (Å²) in [6, 6.07) is 9.05. The van der Waals surface area contributed by atoms with Gasteiger partial charge in [-0.3, -0.25) is 14.4 Å². The smallest absolute Gasteiger partial charge is 0.263 e. The highest BCUT2D eigenvalue weighted by molar-refractivity contribution is 6.76. The quantitative estimate of drug-likeness (QED) is 0.108. The molecule has 2 aromatic heterocycles. The number of nitrogens with zero attached hydrogens (tertiary/aromatic N) is 3. The van der Waals surface area contributed by atoms with Gasteiger partial charge in [0.05, 0.1) is 39.6 Å². The van der Waals surface area contributed by atoms with Crippen LogP contribution in [0.15, 0.2) is 47.7 Å². The van der Waals surface area contributed by atoms with Crippen LogP contribution >= 0.6 is 23.2 Å². The number of ether oxygens (including phenoxy) is 1. The molecule has 48 heavy (non-hydrogen) atoms. The molecule has 0 saturated carbocycles. The Morgan fingerprint density at radius 1 is 1.04 bits per heavy atom. The maximum atomic E-state index is 14.0. The van der Waals surface area contributed by atoms with E-state index in [1.807, 2.05) is 13.8 Å². The van der Waals surface area contributed by atoms with Crippen LogP contribution in [0, 0.1) is 5.41 Å². The summed E-state index contributed by atoms with van der Waals surface area (Å²) in [5, 5.41) is 6.78. The lowest BCUT2D eigenvalue weighted by Crippen LogP contribution is -2.46. The van der Waals surface area contributed by atoms with Gasteiger partial charge in [-0.05, 0) is 67.6 Å². The summed E-state index contributed by atoms with van der Waals surface area (Å²) in [6.45, 7) is 17.3. The second-order valence-electron chi connectivity index (χ2n) is 15.4. The highest BCUT2D eigenvalue weighted by Gasteiger charge is 2.30. The fourth-order valence-corrected chi connectivity index (χ4v) is 7.07. The summed E-state index contributed by atoms with van der Waals surface area (Å²) in [4.78, 5) is 45.3. The predicted octanol–water partition coefficient (Wildman–Crippen LogP) is 7.59. The second-order valence-corrected chi connectivity index (χ2v) is 21.8. The molecule has 0 aliphatic rings. The predicted molar refractivity (Wildman–Crippen MR) is 199 cm³/mol. The molecule has 13 heteroatoms. The van der Waals surface area contributed by atoms with E-state index in [2.05, 4.69) is 56.0 Å². The van der Waals surface area contributed by atoms with Crippen LogP contribution in [-0.4, -0.2) is 46.2 Å². The fourth-order valence-electron chi connectivity index (χ4n) is 5.85. The minimum atomic E-state index is -1.45. The van der Waals surface area contributed by atoms with Crippen LogP contribution < -0.4 is 26.7 Å². The molecule has 0 saturated heterocycles. The van der Waals surface area contributed by atoms with Crippen molar-refractivity contribution in [1.29, 1.82) is 0 Å². The largest absolute Gasteiger partial charge is 0.491 e. The van der Waals surface area contributed by atoms with Crippen LogP contribution in [0.1, 0.15) is 51.4 Å². The average molecular weight is 714 g/mol. The Labute approximate surface area is 293 Å². The van der Waals surface area contributed by atoms with Crippen molar-refractivity contribution in [1.82, 2.24) is 19.4 Å². The fraction of sp³-hybridized carbons (Fsp3) is 0.429. The van der Waals surface area contributed by atoms with Gasteiger partial charge in [0.25, 0.3) is 11.5 Å². The van der Waals surface area contributed by atoms with Crippen molar-refractivity contribution in [3.05, 3.63) is 68.8 Å². The van der Waals surface area contributed by atoms with Gasteiger partial charge in [-0.1, -0.05) is 63.6 Å². The third kappa shape index (κ3) is 9.21. The summed E-state index contributed by atoms with van der Waals surface area (Å²) in [7, 11) is 0.155. The zero-order chi connectivity index (χ0) is 35.8. The number of nitrogens with two attached hydrogens (primary N) is 1. The Morgan fingerprint density at radius 3 is 2.35 bits per heavy atom. The maximum absolute atomic E-state index is 14.0. The van der Waals surface area contributed by atoms with E-state index in [0.29, 0.717) is 39.8 Å². The molecule has 0 unspecified atom stereocenters. The highest BCUT2D eigenvalue weighted by atomic mass is 35.5. The number of hydrogen-bond acceptors (Lipinski definition) is 6. The Kier molecular flexibility index (Phi) is 10.8. The van der Waals surface area contributed by atoms with E-state index in [1.165, 1.54) is 10.9 Å². The van der Waals surface area contributed by atoms with Crippen molar-refractivity contribution in [3.8, 4) is 16.9 Å². The minimum absolute atomic E-state index is 0.0344. The number of carbonyl (C=O) groups excluding carboxylic acids is 2. The van der Waals surface area contributed by atoms with Gasteiger partial charge in [0.2, 0.25) is 5.91 Å². The standard InChI is InChI=1S/C35H46Cl2N6O4Si/c1-34(2,3)19-35(4,5)41-32(45)23-14-21(15-26(37)30(23)47-12-13-48(7,8)9)24-17-43(31-29(24)33(46)42(6)20-39-31)18-28(44)40-27-11-10-22(38)16-25(27)36/h10-11,14-17,20H,12-13,18-19,38H2,1-9H3,(H,40,44)(H,41,45). The lowest BCUT2D eigenvalue weighted by molar-refractivity contribution is -0.116. The van der Waals surface area contributed by atoms with E-state index < -0.39 is 19.5 Å². The molecule has 0 aliphatic heterocycles. The van der Waals surface area contributed by atoms with Crippen LogP contribution in [0.5, 0.6) is 5.75 Å². The summed E-state index contributed by atoms with van der Waals surface area (Å²) >= 11 is 13.2. The molecule has 4 aromatic rings. The first-order chi connectivity index (χ1) is 22.1. The zero-order valence-electron chi connectivity index (χ0n) is 29.2. The van der Waals surface area contributed by atoms with E-state index >= 15 is 0 Å². The molecule has 4 rings (SSSR count). The summed E-state index contributed by atoms with van der Waals surface area (Å²) in [5.74, 6) is -0.444. The van der Waals surface area contributed by atoms with Gasteiger partial charge in [0, 0.05) is 38.1 Å². The zero-order valence-corrected chi connectivity index (χ0v) is 31.7. The van der Waals surface area contributed by atoms with Gasteiger partial charge in [-0.25, -0.2) is 4.98 Å². The van der Waals surface area contributed by atoms with Gasteiger partial charge in [-0.15, -0.1) is 0 Å². The van der Waals surface area contributed by atoms with Crippen molar-refractivity contribution in [2.24, 2.45) is 12.5 Å². The normalized spacial score (nSPS) is 12.3. The van der Waals surface area contributed by atoms with E-state index in [9.17, 15) is 14.4 Å². The number of benzene rings is 2. The maximum Gasteiger partial charge on any atom is 0.263 e. The van der Waals surface area contributed by atoms with Crippen molar-refractivity contribution in [2.45, 2.75) is 78.8 Å².